The molecule has 208 valence electrons. The first-order valence-electron chi connectivity index (χ1n) is 11.6. The van der Waals surface area contributed by atoms with E-state index >= 15 is 0 Å². The Kier molecular flexibility index (Phi) is 15.1. The van der Waals surface area contributed by atoms with Crippen LogP contribution >= 0.6 is 9.12 Å². The van der Waals surface area contributed by atoms with Crippen molar-refractivity contribution in [2.45, 2.75) is 32.3 Å². The first-order chi connectivity index (χ1) is 17.5. The van der Waals surface area contributed by atoms with Gasteiger partial charge in [0, 0.05) is 18.7 Å². The Balaban J connectivity index is 2.06. The van der Waals surface area contributed by atoms with Crippen LogP contribution in [0.25, 0.3) is 0 Å². The number of aliphatic hydroxyl groups is 1. The zero-order valence-electron chi connectivity index (χ0n) is 21.2. The van der Waals surface area contributed by atoms with E-state index in [0.717, 1.165) is 0 Å². The Morgan fingerprint density at radius 1 is 0.973 bits per heavy atom. The summed E-state index contributed by atoms with van der Waals surface area (Å²) in [5.74, 6) is -0.347. The number of Topliss-reactive ketones (excluding diaryl/α,β-unsaturated/α-hetero) is 1. The number of benzene rings is 1. The molecule has 0 aliphatic heterocycles. The molecule has 1 atom stereocenters. The van der Waals surface area contributed by atoms with Gasteiger partial charge < -0.3 is 39.4 Å². The molecule has 1 rings (SSSR count). The highest BCUT2D eigenvalue weighted by Crippen LogP contribution is 2.17. The number of halogens is 1. The number of esters is 1. The number of ketones is 1. The van der Waals surface area contributed by atoms with Gasteiger partial charge in [0.25, 0.3) is 9.12 Å². The summed E-state index contributed by atoms with van der Waals surface area (Å²) in [6.45, 7) is 4.35. The number of ether oxygens (including phenoxy) is 3. The lowest BCUT2D eigenvalue weighted by Gasteiger charge is -2.16. The Morgan fingerprint density at radius 2 is 1.65 bits per heavy atom. The number of rotatable bonds is 17. The van der Waals surface area contributed by atoms with Crippen molar-refractivity contribution in [1.82, 2.24) is 15.5 Å². The molecule has 1 aromatic carbocycles. The molecule has 0 spiro atoms. The predicted molar refractivity (Wildman–Crippen MR) is 134 cm³/mol. The van der Waals surface area contributed by atoms with Crippen LogP contribution in [0.4, 0.5) is 13.8 Å². The van der Waals surface area contributed by atoms with E-state index < -0.39 is 38.7 Å². The maximum atomic E-state index is 12.0. The topological polar surface area (TPSA) is 153 Å². The normalized spacial score (nSPS) is 11.3. The SMILES string of the molecule is CN(CCCNC(=O)OPF)CCC(=O)OCCNC(=O)OCCOc1ccc(C(=O)C(C)(C)O)cc1. The van der Waals surface area contributed by atoms with Crippen LogP contribution in [-0.4, -0.2) is 92.6 Å². The van der Waals surface area contributed by atoms with Crippen LogP contribution < -0.4 is 15.4 Å². The lowest BCUT2D eigenvalue weighted by atomic mass is 9.97. The van der Waals surface area contributed by atoms with Crippen LogP contribution in [0.5, 0.6) is 5.75 Å². The molecule has 0 radical (unpaired) electrons. The third-order valence-corrected chi connectivity index (χ3v) is 4.97. The third kappa shape index (κ3) is 15.0. The maximum absolute atomic E-state index is 12.0. The summed E-state index contributed by atoms with van der Waals surface area (Å²) < 4.78 is 31.4. The second-order valence-corrected chi connectivity index (χ2v) is 8.70. The van der Waals surface area contributed by atoms with E-state index in [9.17, 15) is 28.5 Å². The molecular formula is C23H35FN3O9P. The highest BCUT2D eigenvalue weighted by atomic mass is 31.1. The van der Waals surface area contributed by atoms with Crippen LogP contribution in [0.3, 0.4) is 0 Å². The van der Waals surface area contributed by atoms with E-state index in [4.69, 9.17) is 14.2 Å². The van der Waals surface area contributed by atoms with Gasteiger partial charge in [-0.25, -0.2) is 9.59 Å². The monoisotopic (exact) mass is 547 g/mol. The molecule has 0 heterocycles. The van der Waals surface area contributed by atoms with Crippen molar-refractivity contribution in [2.24, 2.45) is 0 Å². The number of hydrogen-bond donors (Lipinski definition) is 3. The van der Waals surface area contributed by atoms with E-state index in [1.807, 2.05) is 11.9 Å². The lowest BCUT2D eigenvalue weighted by molar-refractivity contribution is -0.143. The van der Waals surface area contributed by atoms with E-state index in [0.29, 0.717) is 37.4 Å². The Labute approximate surface area is 217 Å². The first kappa shape index (κ1) is 32.0. The van der Waals surface area contributed by atoms with Crippen molar-refractivity contribution in [3.05, 3.63) is 29.8 Å². The molecule has 1 unspecified atom stereocenters. The molecule has 2 amide bonds. The van der Waals surface area contributed by atoms with Crippen LogP contribution in [-0.2, 0) is 18.8 Å². The van der Waals surface area contributed by atoms with Gasteiger partial charge in [0.15, 0.2) is 5.78 Å². The Bertz CT molecular complexity index is 866. The zero-order valence-corrected chi connectivity index (χ0v) is 22.2. The highest BCUT2D eigenvalue weighted by molar-refractivity contribution is 7.26. The summed E-state index contributed by atoms with van der Waals surface area (Å²) in [5, 5.41) is 14.6. The van der Waals surface area contributed by atoms with Gasteiger partial charge in [0.1, 0.15) is 31.2 Å². The Hall–Kier alpha value is -3.02. The van der Waals surface area contributed by atoms with Crippen LogP contribution in [0.15, 0.2) is 24.3 Å². The van der Waals surface area contributed by atoms with Gasteiger partial charge in [-0.05, 0) is 58.1 Å². The van der Waals surface area contributed by atoms with Gasteiger partial charge >= 0.3 is 18.2 Å². The summed E-state index contributed by atoms with van der Waals surface area (Å²) >= 11 is 0. The minimum Gasteiger partial charge on any atom is -0.490 e. The van der Waals surface area contributed by atoms with E-state index in [2.05, 4.69) is 15.2 Å². The largest absolute Gasteiger partial charge is 0.490 e. The minimum atomic E-state index is -1.46. The molecule has 37 heavy (non-hydrogen) atoms. The van der Waals surface area contributed by atoms with Crippen LogP contribution in [0.2, 0.25) is 0 Å². The molecule has 0 saturated heterocycles. The van der Waals surface area contributed by atoms with Gasteiger partial charge in [0.05, 0.1) is 13.0 Å². The second kappa shape index (κ2) is 17.4. The summed E-state index contributed by atoms with van der Waals surface area (Å²) in [5.41, 5.74) is -1.11. The summed E-state index contributed by atoms with van der Waals surface area (Å²) in [6.07, 6.45) is -0.731. The minimum absolute atomic E-state index is 0.00880. The van der Waals surface area contributed by atoms with Gasteiger partial charge in [-0.1, -0.05) is 0 Å². The Morgan fingerprint density at radius 3 is 2.30 bits per heavy atom. The molecule has 14 heteroatoms. The lowest BCUT2D eigenvalue weighted by Crippen LogP contribution is -2.31. The summed E-state index contributed by atoms with van der Waals surface area (Å²) in [4.78, 5) is 48.3. The molecular weight excluding hydrogens is 512 g/mol. The molecule has 0 saturated carbocycles. The van der Waals surface area contributed by atoms with Crippen molar-refractivity contribution in [3.8, 4) is 5.75 Å². The summed E-state index contributed by atoms with van der Waals surface area (Å²) in [6, 6.07) is 6.24. The number of hydrogen-bond acceptors (Lipinski definition) is 10. The molecule has 0 aromatic heterocycles. The molecule has 0 fully saturated rings. The number of amides is 2. The van der Waals surface area contributed by atoms with Gasteiger partial charge in [-0.15, -0.1) is 0 Å². The highest BCUT2D eigenvalue weighted by Gasteiger charge is 2.24. The zero-order chi connectivity index (χ0) is 27.7. The fourth-order valence-corrected chi connectivity index (χ4v) is 2.94. The van der Waals surface area contributed by atoms with Gasteiger partial charge in [-0.3, -0.25) is 9.59 Å². The fourth-order valence-electron chi connectivity index (χ4n) is 2.80. The molecule has 0 aliphatic carbocycles. The smallest absolute Gasteiger partial charge is 0.411 e. The van der Waals surface area contributed by atoms with E-state index in [1.54, 1.807) is 24.3 Å². The number of nitrogens with one attached hydrogen (secondary N) is 2. The van der Waals surface area contributed by atoms with Crippen molar-refractivity contribution in [3.63, 3.8) is 0 Å². The van der Waals surface area contributed by atoms with Crippen LogP contribution in [0.1, 0.15) is 37.0 Å². The number of alkyl carbamates (subject to hydrolysis) is 1. The molecule has 12 nitrogen and oxygen atoms in total. The number of carbonyl (C=O) groups is 4. The number of carbonyl (C=O) groups excluding carboxylic acids is 4. The maximum Gasteiger partial charge on any atom is 0.411 e. The fraction of sp³-hybridized carbons (Fsp3) is 0.565. The second-order valence-electron chi connectivity index (χ2n) is 8.34. The standard InChI is InChI=1S/C23H35FN3O9P/c1-23(2,32)20(29)17-5-7-18(8-6-17)33-15-16-35-21(30)26-11-14-34-19(28)9-13-27(3)12-4-10-25-22(31)36-37-24/h5-8,32,37H,4,9-16H2,1-3H3,(H,25,31)(H,26,30). The van der Waals surface area contributed by atoms with Gasteiger partial charge in [-0.2, -0.15) is 4.20 Å². The first-order valence-corrected chi connectivity index (χ1v) is 12.4. The van der Waals surface area contributed by atoms with E-state index in [1.165, 1.54) is 13.8 Å². The molecule has 0 bridgehead atoms. The van der Waals surface area contributed by atoms with Gasteiger partial charge in [0.2, 0.25) is 0 Å². The third-order valence-electron chi connectivity index (χ3n) is 4.71. The summed E-state index contributed by atoms with van der Waals surface area (Å²) in [7, 11) is 0.419. The average Bonchev–Trinajstić information content (AvgIpc) is 2.85. The molecule has 1 aromatic rings. The van der Waals surface area contributed by atoms with Crippen molar-refractivity contribution in [2.75, 3.05) is 53.0 Å². The molecule has 0 aliphatic rings. The van der Waals surface area contributed by atoms with Crippen molar-refractivity contribution >= 4 is 33.1 Å². The van der Waals surface area contributed by atoms with E-state index in [-0.39, 0.29) is 32.8 Å². The van der Waals surface area contributed by atoms with Crippen LogP contribution in [0, 0.1) is 0 Å². The molecule has 3 N–H and O–H groups in total. The average molecular weight is 548 g/mol. The number of nitrogens with zero attached hydrogens (tertiary/aromatic N) is 1. The van der Waals surface area contributed by atoms with Crippen molar-refractivity contribution in [1.29, 1.82) is 0 Å². The predicted octanol–water partition coefficient (Wildman–Crippen LogP) is 2.20. The van der Waals surface area contributed by atoms with Crippen molar-refractivity contribution < 1.29 is 47.2 Å². The quantitative estimate of drug-likeness (QED) is 0.0870.